The zero-order valence-electron chi connectivity index (χ0n) is 8.61. The Morgan fingerprint density at radius 2 is 1.85 bits per heavy atom. The minimum absolute atomic E-state index is 0.0718. The second-order valence-corrected chi connectivity index (χ2v) is 7.33. The van der Waals surface area contributed by atoms with Crippen molar-refractivity contribution in [3.05, 3.63) is 0 Å². The second-order valence-electron chi connectivity index (χ2n) is 5.13. The first-order valence-corrected chi connectivity index (χ1v) is 6.38. The maximum Gasteiger partial charge on any atom is 0.155 e. The Hall–Kier alpha value is -0.0900. The van der Waals surface area contributed by atoms with Crippen molar-refractivity contribution < 1.29 is 8.42 Å². The average Bonchev–Trinajstić information content (AvgIpc) is 1.94. The van der Waals surface area contributed by atoms with E-state index < -0.39 is 9.84 Å². The number of hydrogen-bond donors (Lipinski definition) is 0. The van der Waals surface area contributed by atoms with Gasteiger partial charge in [0.05, 0.1) is 11.0 Å². The van der Waals surface area contributed by atoms with Crippen LogP contribution in [0, 0.1) is 11.3 Å². The SMILES string of the molecule is CN(C)[C@@H]1[C@@H]2[C@@H](CS2(=O)=O)C1(C)C. The first-order valence-electron chi connectivity index (χ1n) is 4.66. The lowest BCUT2D eigenvalue weighted by atomic mass is 9.57. The summed E-state index contributed by atoms with van der Waals surface area (Å²) in [6.07, 6.45) is 0. The third kappa shape index (κ3) is 0.960. The molecule has 0 spiro atoms. The van der Waals surface area contributed by atoms with Gasteiger partial charge in [-0.3, -0.25) is 0 Å². The van der Waals surface area contributed by atoms with E-state index >= 15 is 0 Å². The molecule has 3 atom stereocenters. The van der Waals surface area contributed by atoms with Gasteiger partial charge in [0, 0.05) is 6.04 Å². The molecule has 1 heterocycles. The molecule has 0 amide bonds. The van der Waals surface area contributed by atoms with E-state index in [-0.39, 0.29) is 16.7 Å². The molecule has 76 valence electrons. The molecule has 1 saturated carbocycles. The van der Waals surface area contributed by atoms with Gasteiger partial charge in [0.2, 0.25) is 0 Å². The Kier molecular flexibility index (Phi) is 1.66. The van der Waals surface area contributed by atoms with E-state index in [1.807, 2.05) is 14.1 Å². The zero-order valence-corrected chi connectivity index (χ0v) is 9.43. The van der Waals surface area contributed by atoms with Crippen molar-refractivity contribution in [2.24, 2.45) is 11.3 Å². The third-order valence-corrected chi connectivity index (χ3v) is 6.05. The largest absolute Gasteiger partial charge is 0.305 e. The number of hydrogen-bond acceptors (Lipinski definition) is 3. The topological polar surface area (TPSA) is 37.4 Å². The zero-order chi connectivity index (χ0) is 10.0. The van der Waals surface area contributed by atoms with Gasteiger partial charge in [0.15, 0.2) is 9.84 Å². The average molecular weight is 203 g/mol. The van der Waals surface area contributed by atoms with Crippen molar-refractivity contribution in [2.75, 3.05) is 19.8 Å². The number of sulfone groups is 1. The monoisotopic (exact) mass is 203 g/mol. The molecule has 2 aliphatic rings. The van der Waals surface area contributed by atoms with Gasteiger partial charge in [-0.2, -0.15) is 0 Å². The van der Waals surface area contributed by atoms with Gasteiger partial charge >= 0.3 is 0 Å². The maximum atomic E-state index is 11.5. The summed E-state index contributed by atoms with van der Waals surface area (Å²) in [5.74, 6) is 0.819. The molecule has 1 saturated heterocycles. The molecule has 0 aromatic rings. The highest BCUT2D eigenvalue weighted by molar-refractivity contribution is 7.93. The molecule has 1 aliphatic heterocycles. The first-order chi connectivity index (χ1) is 5.78. The fourth-order valence-corrected chi connectivity index (χ4v) is 6.06. The molecule has 4 heteroatoms. The van der Waals surface area contributed by atoms with Gasteiger partial charge in [0.25, 0.3) is 0 Å². The summed E-state index contributed by atoms with van der Waals surface area (Å²) in [6.45, 7) is 4.35. The van der Waals surface area contributed by atoms with Crippen LogP contribution in [0.25, 0.3) is 0 Å². The smallest absolute Gasteiger partial charge is 0.155 e. The Balaban J connectivity index is 2.28. The van der Waals surface area contributed by atoms with Crippen LogP contribution in [0.15, 0.2) is 0 Å². The predicted molar refractivity (Wildman–Crippen MR) is 52.3 cm³/mol. The number of fused-ring (bicyclic) bond motifs is 1. The fraction of sp³-hybridized carbons (Fsp3) is 1.00. The van der Waals surface area contributed by atoms with E-state index in [1.165, 1.54) is 0 Å². The van der Waals surface area contributed by atoms with E-state index in [1.54, 1.807) is 0 Å². The lowest BCUT2D eigenvalue weighted by Crippen LogP contribution is -2.77. The van der Waals surface area contributed by atoms with E-state index in [4.69, 9.17) is 0 Å². The fourth-order valence-electron chi connectivity index (χ4n) is 3.12. The van der Waals surface area contributed by atoms with Gasteiger partial charge in [0.1, 0.15) is 0 Å². The summed E-state index contributed by atoms with van der Waals surface area (Å²) in [6, 6.07) is 0.219. The van der Waals surface area contributed by atoms with Crippen LogP contribution in [-0.4, -0.2) is 44.5 Å². The summed E-state index contributed by atoms with van der Waals surface area (Å²) >= 11 is 0. The van der Waals surface area contributed by atoms with Crippen molar-refractivity contribution in [3.63, 3.8) is 0 Å². The molecule has 0 bridgehead atoms. The van der Waals surface area contributed by atoms with Gasteiger partial charge in [-0.1, -0.05) is 13.8 Å². The van der Waals surface area contributed by atoms with Crippen molar-refractivity contribution in [1.82, 2.24) is 4.90 Å². The molecule has 0 aromatic carbocycles. The summed E-state index contributed by atoms with van der Waals surface area (Å²) in [7, 11) is 1.21. The lowest BCUT2D eigenvalue weighted by molar-refractivity contribution is -0.0397. The van der Waals surface area contributed by atoms with Crippen LogP contribution in [0.1, 0.15) is 13.8 Å². The quantitative estimate of drug-likeness (QED) is 0.618. The molecular weight excluding hydrogens is 186 g/mol. The minimum Gasteiger partial charge on any atom is -0.305 e. The van der Waals surface area contributed by atoms with E-state index in [9.17, 15) is 8.42 Å². The van der Waals surface area contributed by atoms with Crippen molar-refractivity contribution in [3.8, 4) is 0 Å². The van der Waals surface area contributed by atoms with Gasteiger partial charge < -0.3 is 4.90 Å². The standard InChI is InChI=1S/C9H17NO2S/c1-9(2)6-5-13(11,12)7(6)8(9)10(3)4/h6-8H,5H2,1-4H3/t6-,7+,8-/m1/s1. The van der Waals surface area contributed by atoms with Crippen molar-refractivity contribution >= 4 is 9.84 Å². The molecule has 2 rings (SSSR count). The van der Waals surface area contributed by atoms with Gasteiger partial charge in [-0.15, -0.1) is 0 Å². The van der Waals surface area contributed by atoms with Crippen LogP contribution in [-0.2, 0) is 9.84 Å². The summed E-state index contributed by atoms with van der Waals surface area (Å²) in [4.78, 5) is 2.05. The highest BCUT2D eigenvalue weighted by atomic mass is 32.2. The summed E-state index contributed by atoms with van der Waals surface area (Å²) in [5, 5.41) is -0.0718. The molecule has 3 nitrogen and oxygen atoms in total. The van der Waals surface area contributed by atoms with Crippen molar-refractivity contribution in [2.45, 2.75) is 25.1 Å². The normalized spacial score (nSPS) is 44.8. The van der Waals surface area contributed by atoms with Crippen molar-refractivity contribution in [1.29, 1.82) is 0 Å². The van der Waals surface area contributed by atoms with E-state index in [2.05, 4.69) is 18.7 Å². The molecule has 1 aliphatic carbocycles. The lowest BCUT2D eigenvalue weighted by Gasteiger charge is -2.65. The molecule has 0 unspecified atom stereocenters. The second kappa shape index (κ2) is 2.28. The van der Waals surface area contributed by atoms with Crippen LogP contribution in [0.5, 0.6) is 0 Å². The number of rotatable bonds is 1. The molecular formula is C9H17NO2S. The summed E-state index contributed by atoms with van der Waals surface area (Å²) in [5.41, 5.74) is 0.180. The Labute approximate surface area is 80.0 Å². The maximum absolute atomic E-state index is 11.5. The van der Waals surface area contributed by atoms with Crippen LogP contribution in [0.2, 0.25) is 0 Å². The minimum atomic E-state index is -2.73. The van der Waals surface area contributed by atoms with E-state index in [0.29, 0.717) is 11.7 Å². The van der Waals surface area contributed by atoms with Crippen LogP contribution >= 0.6 is 0 Å². The molecule has 13 heavy (non-hydrogen) atoms. The molecule has 0 aromatic heterocycles. The highest BCUT2D eigenvalue weighted by Gasteiger charge is 2.69. The predicted octanol–water partition coefficient (Wildman–Crippen LogP) is 0.370. The Bertz CT molecular complexity index is 332. The first kappa shape index (κ1) is 9.46. The molecule has 2 fully saturated rings. The Morgan fingerprint density at radius 3 is 2.15 bits per heavy atom. The molecule has 0 N–H and O–H groups in total. The third-order valence-electron chi connectivity index (χ3n) is 3.81. The van der Waals surface area contributed by atoms with Crippen LogP contribution in [0.4, 0.5) is 0 Å². The molecule has 0 radical (unpaired) electrons. The van der Waals surface area contributed by atoms with Crippen LogP contribution < -0.4 is 0 Å². The number of nitrogens with zero attached hydrogens (tertiary/aromatic N) is 1. The Morgan fingerprint density at radius 1 is 1.31 bits per heavy atom. The van der Waals surface area contributed by atoms with Crippen LogP contribution in [0.3, 0.4) is 0 Å². The van der Waals surface area contributed by atoms with Gasteiger partial charge in [-0.05, 0) is 25.4 Å². The summed E-state index contributed by atoms with van der Waals surface area (Å²) < 4.78 is 22.9. The van der Waals surface area contributed by atoms with Gasteiger partial charge in [-0.25, -0.2) is 8.42 Å². The van der Waals surface area contributed by atoms with E-state index in [0.717, 1.165) is 0 Å². The highest BCUT2D eigenvalue weighted by Crippen LogP contribution is 2.58.